The van der Waals surface area contributed by atoms with E-state index >= 15 is 0 Å². The van der Waals surface area contributed by atoms with Crippen LogP contribution in [-0.4, -0.2) is 16.3 Å². The number of hydrogen-bond donors (Lipinski definition) is 1. The smallest absolute Gasteiger partial charge is 0.0814 e. The molecule has 2 rings (SSSR count). The van der Waals surface area contributed by atoms with Gasteiger partial charge in [-0.1, -0.05) is 27.5 Å². The van der Waals surface area contributed by atoms with E-state index in [1.165, 1.54) is 0 Å². The van der Waals surface area contributed by atoms with E-state index in [0.29, 0.717) is 5.02 Å². The van der Waals surface area contributed by atoms with Crippen molar-refractivity contribution in [2.45, 2.75) is 13.5 Å². The monoisotopic (exact) mass is 313 g/mol. The molecule has 0 radical (unpaired) electrons. The molecule has 17 heavy (non-hydrogen) atoms. The summed E-state index contributed by atoms with van der Waals surface area (Å²) in [7, 11) is 0. The van der Waals surface area contributed by atoms with Crippen LogP contribution in [0.25, 0.3) is 0 Å². The van der Waals surface area contributed by atoms with Gasteiger partial charge in [0.2, 0.25) is 0 Å². The molecule has 5 heteroatoms. The van der Waals surface area contributed by atoms with Crippen molar-refractivity contribution in [3.05, 3.63) is 45.7 Å². The molecule has 3 nitrogen and oxygen atoms in total. The fourth-order valence-corrected chi connectivity index (χ4v) is 1.93. The molecular weight excluding hydrogens is 302 g/mol. The second kappa shape index (κ2) is 5.56. The Morgan fingerprint density at radius 1 is 1.35 bits per heavy atom. The second-order valence-electron chi connectivity index (χ2n) is 3.73. The molecule has 0 bridgehead atoms. The molecule has 1 aromatic carbocycles. The highest BCUT2D eigenvalue weighted by molar-refractivity contribution is 9.10. The van der Waals surface area contributed by atoms with Gasteiger partial charge in [0.15, 0.2) is 0 Å². The summed E-state index contributed by atoms with van der Waals surface area (Å²) in [6, 6.07) is 8.09. The molecule has 0 spiro atoms. The summed E-state index contributed by atoms with van der Waals surface area (Å²) < 4.78 is 2.98. The lowest BCUT2D eigenvalue weighted by atomic mass is 10.3. The van der Waals surface area contributed by atoms with Crippen LogP contribution in [0.5, 0.6) is 0 Å². The Morgan fingerprint density at radius 3 is 2.65 bits per heavy atom. The van der Waals surface area contributed by atoms with Gasteiger partial charge in [-0.3, -0.25) is 4.68 Å². The Morgan fingerprint density at radius 2 is 2.06 bits per heavy atom. The largest absolute Gasteiger partial charge is 0.383 e. The SMILES string of the molecule is Cc1c(Cl)cnn1CCNc1ccc(Br)cc1. The van der Waals surface area contributed by atoms with Crippen molar-refractivity contribution in [3.63, 3.8) is 0 Å². The predicted octanol–water partition coefficient (Wildman–Crippen LogP) is 3.72. The van der Waals surface area contributed by atoms with Crippen molar-refractivity contribution in [1.82, 2.24) is 9.78 Å². The second-order valence-corrected chi connectivity index (χ2v) is 5.06. The van der Waals surface area contributed by atoms with Crippen LogP contribution in [-0.2, 0) is 6.54 Å². The third kappa shape index (κ3) is 3.23. The van der Waals surface area contributed by atoms with Gasteiger partial charge in [0.1, 0.15) is 0 Å². The lowest BCUT2D eigenvalue weighted by Crippen LogP contribution is -2.12. The lowest BCUT2D eigenvalue weighted by molar-refractivity contribution is 0.620. The van der Waals surface area contributed by atoms with Crippen molar-refractivity contribution < 1.29 is 0 Å². The van der Waals surface area contributed by atoms with Crippen LogP contribution in [0.3, 0.4) is 0 Å². The van der Waals surface area contributed by atoms with Gasteiger partial charge in [-0.15, -0.1) is 0 Å². The predicted molar refractivity (Wildman–Crippen MR) is 74.6 cm³/mol. The zero-order chi connectivity index (χ0) is 12.3. The molecule has 1 N–H and O–H groups in total. The van der Waals surface area contributed by atoms with E-state index < -0.39 is 0 Å². The van der Waals surface area contributed by atoms with Crippen molar-refractivity contribution in [2.75, 3.05) is 11.9 Å². The maximum Gasteiger partial charge on any atom is 0.0814 e. The van der Waals surface area contributed by atoms with E-state index in [1.807, 2.05) is 35.9 Å². The maximum absolute atomic E-state index is 5.93. The maximum atomic E-state index is 5.93. The lowest BCUT2D eigenvalue weighted by Gasteiger charge is -2.08. The zero-order valence-electron chi connectivity index (χ0n) is 9.45. The molecule has 0 saturated heterocycles. The number of nitrogens with one attached hydrogen (secondary N) is 1. The van der Waals surface area contributed by atoms with Crippen LogP contribution in [0.15, 0.2) is 34.9 Å². The van der Waals surface area contributed by atoms with Crippen molar-refractivity contribution in [1.29, 1.82) is 0 Å². The Kier molecular flexibility index (Phi) is 4.07. The number of rotatable bonds is 4. The first-order valence-electron chi connectivity index (χ1n) is 5.34. The molecule has 0 amide bonds. The standard InChI is InChI=1S/C12H13BrClN3/c1-9-12(14)8-16-17(9)7-6-15-11-4-2-10(13)3-5-11/h2-5,8,15H,6-7H2,1H3. The molecule has 0 aliphatic carbocycles. The average Bonchev–Trinajstić information content (AvgIpc) is 2.64. The quantitative estimate of drug-likeness (QED) is 0.932. The van der Waals surface area contributed by atoms with Crippen LogP contribution >= 0.6 is 27.5 Å². The van der Waals surface area contributed by atoms with Gasteiger partial charge in [0.05, 0.1) is 23.5 Å². The Hall–Kier alpha value is -1.000. The number of hydrogen-bond acceptors (Lipinski definition) is 2. The van der Waals surface area contributed by atoms with Crippen LogP contribution in [0, 0.1) is 6.92 Å². The summed E-state index contributed by atoms with van der Waals surface area (Å²) in [5.41, 5.74) is 2.10. The van der Waals surface area contributed by atoms with Crippen LogP contribution in [0.2, 0.25) is 5.02 Å². The average molecular weight is 315 g/mol. The first-order valence-corrected chi connectivity index (χ1v) is 6.51. The summed E-state index contributed by atoms with van der Waals surface area (Å²) in [4.78, 5) is 0. The molecule has 1 aromatic heterocycles. The van der Waals surface area contributed by atoms with Crippen LogP contribution in [0.4, 0.5) is 5.69 Å². The van der Waals surface area contributed by atoms with Gasteiger partial charge in [-0.25, -0.2) is 0 Å². The zero-order valence-corrected chi connectivity index (χ0v) is 11.8. The highest BCUT2D eigenvalue weighted by atomic mass is 79.9. The number of benzene rings is 1. The molecule has 90 valence electrons. The van der Waals surface area contributed by atoms with E-state index in [2.05, 4.69) is 26.3 Å². The third-order valence-electron chi connectivity index (χ3n) is 2.54. The Balaban J connectivity index is 1.87. The molecule has 0 aliphatic heterocycles. The van der Waals surface area contributed by atoms with Gasteiger partial charge >= 0.3 is 0 Å². The topological polar surface area (TPSA) is 29.9 Å². The van der Waals surface area contributed by atoms with Crippen molar-refractivity contribution in [2.24, 2.45) is 0 Å². The number of nitrogens with zero attached hydrogens (tertiary/aromatic N) is 2. The highest BCUT2D eigenvalue weighted by Crippen LogP contribution is 2.15. The highest BCUT2D eigenvalue weighted by Gasteiger charge is 2.02. The fourth-order valence-electron chi connectivity index (χ4n) is 1.52. The molecule has 0 atom stereocenters. The molecule has 0 unspecified atom stereocenters. The van der Waals surface area contributed by atoms with E-state index in [0.717, 1.165) is 28.9 Å². The van der Waals surface area contributed by atoms with Crippen LogP contribution in [0.1, 0.15) is 5.69 Å². The molecule has 0 saturated carbocycles. The Bertz CT molecular complexity index is 493. The summed E-state index contributed by atoms with van der Waals surface area (Å²) in [5, 5.41) is 8.25. The molecule has 2 aromatic rings. The van der Waals surface area contributed by atoms with Gasteiger partial charge < -0.3 is 5.32 Å². The molecule has 0 aliphatic rings. The first kappa shape index (κ1) is 12.5. The van der Waals surface area contributed by atoms with Gasteiger partial charge in [-0.05, 0) is 31.2 Å². The van der Waals surface area contributed by atoms with Gasteiger partial charge in [0, 0.05) is 16.7 Å². The van der Waals surface area contributed by atoms with E-state index in [1.54, 1.807) is 6.20 Å². The minimum absolute atomic E-state index is 0.716. The minimum Gasteiger partial charge on any atom is -0.383 e. The number of halogens is 2. The summed E-state index contributed by atoms with van der Waals surface area (Å²) in [6.07, 6.45) is 1.68. The van der Waals surface area contributed by atoms with E-state index in [4.69, 9.17) is 11.6 Å². The van der Waals surface area contributed by atoms with Crippen molar-refractivity contribution >= 4 is 33.2 Å². The minimum atomic E-state index is 0.716. The van der Waals surface area contributed by atoms with Gasteiger partial charge in [-0.2, -0.15) is 5.10 Å². The summed E-state index contributed by atoms with van der Waals surface area (Å²) in [6.45, 7) is 3.59. The third-order valence-corrected chi connectivity index (χ3v) is 3.44. The molecule has 1 heterocycles. The molecular formula is C12H13BrClN3. The normalized spacial score (nSPS) is 10.5. The van der Waals surface area contributed by atoms with Crippen molar-refractivity contribution in [3.8, 4) is 0 Å². The molecule has 0 fully saturated rings. The number of aromatic nitrogens is 2. The van der Waals surface area contributed by atoms with Crippen LogP contribution < -0.4 is 5.32 Å². The Labute approximate surface area is 114 Å². The number of anilines is 1. The first-order chi connectivity index (χ1) is 8.16. The summed E-state index contributed by atoms with van der Waals surface area (Å²) in [5.74, 6) is 0. The van der Waals surface area contributed by atoms with E-state index in [9.17, 15) is 0 Å². The summed E-state index contributed by atoms with van der Waals surface area (Å²) >= 11 is 9.34. The van der Waals surface area contributed by atoms with Gasteiger partial charge in [0.25, 0.3) is 0 Å². The fraction of sp³-hybridized carbons (Fsp3) is 0.250. The van der Waals surface area contributed by atoms with E-state index in [-0.39, 0.29) is 0 Å².